The van der Waals surface area contributed by atoms with Crippen molar-refractivity contribution in [2.75, 3.05) is 12.8 Å². The molecule has 0 aliphatic rings. The van der Waals surface area contributed by atoms with E-state index < -0.39 is 22.0 Å². The Morgan fingerprint density at radius 1 is 1.41 bits per heavy atom. The molecular weight excluding hydrogens is 246 g/mol. The van der Waals surface area contributed by atoms with Crippen molar-refractivity contribution in [2.24, 2.45) is 0 Å². The SMILES string of the molecule is CNC(=O)C(C)NS(=O)(=O)c1cnc(N)nc1. The van der Waals surface area contributed by atoms with Crippen LogP contribution < -0.4 is 15.8 Å². The zero-order valence-electron chi connectivity index (χ0n) is 9.34. The van der Waals surface area contributed by atoms with E-state index in [1.807, 2.05) is 0 Å². The molecule has 8 nitrogen and oxygen atoms in total. The van der Waals surface area contributed by atoms with Crippen LogP contribution in [0.3, 0.4) is 0 Å². The average Bonchev–Trinajstić information content (AvgIpc) is 2.27. The lowest BCUT2D eigenvalue weighted by atomic mass is 10.3. The van der Waals surface area contributed by atoms with E-state index >= 15 is 0 Å². The van der Waals surface area contributed by atoms with Gasteiger partial charge in [-0.3, -0.25) is 4.79 Å². The Morgan fingerprint density at radius 3 is 2.41 bits per heavy atom. The zero-order chi connectivity index (χ0) is 13.1. The summed E-state index contributed by atoms with van der Waals surface area (Å²) in [6.45, 7) is 1.43. The Kier molecular flexibility index (Phi) is 3.97. The molecule has 9 heteroatoms. The standard InChI is InChI=1S/C8H13N5O3S/c1-5(7(14)10-2)13-17(15,16)6-3-11-8(9)12-4-6/h3-5,13H,1-2H3,(H,10,14)(H2,9,11,12). The van der Waals surface area contributed by atoms with Gasteiger partial charge in [-0.1, -0.05) is 0 Å². The molecule has 0 saturated carbocycles. The summed E-state index contributed by atoms with van der Waals surface area (Å²) in [6.07, 6.45) is 2.14. The number of amides is 1. The first-order valence-corrected chi connectivity index (χ1v) is 6.16. The van der Waals surface area contributed by atoms with Crippen molar-refractivity contribution < 1.29 is 13.2 Å². The molecule has 0 aliphatic carbocycles. The van der Waals surface area contributed by atoms with Gasteiger partial charge in [0.05, 0.1) is 18.4 Å². The predicted octanol–water partition coefficient (Wildman–Crippen LogP) is -1.53. The first kappa shape index (κ1) is 13.3. The predicted molar refractivity (Wildman–Crippen MR) is 60.3 cm³/mol. The number of aromatic nitrogens is 2. The van der Waals surface area contributed by atoms with Crippen LogP contribution in [0.25, 0.3) is 0 Å². The summed E-state index contributed by atoms with van der Waals surface area (Å²) in [5, 5.41) is 2.33. The van der Waals surface area contributed by atoms with Crippen LogP contribution in [-0.4, -0.2) is 37.4 Å². The third-order valence-electron chi connectivity index (χ3n) is 1.93. The van der Waals surface area contributed by atoms with E-state index in [1.165, 1.54) is 14.0 Å². The molecule has 1 atom stereocenters. The molecule has 94 valence electrons. The molecule has 1 heterocycles. The number of sulfonamides is 1. The average molecular weight is 259 g/mol. The van der Waals surface area contributed by atoms with Gasteiger partial charge in [0.2, 0.25) is 21.9 Å². The van der Waals surface area contributed by atoms with Gasteiger partial charge in [0.15, 0.2) is 0 Å². The highest BCUT2D eigenvalue weighted by Gasteiger charge is 2.21. The molecule has 0 aliphatic heterocycles. The third kappa shape index (κ3) is 3.36. The molecule has 1 unspecified atom stereocenters. The van der Waals surface area contributed by atoms with Crippen LogP contribution in [0.1, 0.15) is 6.92 Å². The number of nitrogen functional groups attached to an aromatic ring is 1. The van der Waals surface area contributed by atoms with Crippen LogP contribution in [-0.2, 0) is 14.8 Å². The molecule has 0 saturated heterocycles. The van der Waals surface area contributed by atoms with Crippen LogP contribution in [0.15, 0.2) is 17.3 Å². The topological polar surface area (TPSA) is 127 Å². The number of carbonyl (C=O) groups excluding carboxylic acids is 1. The quantitative estimate of drug-likeness (QED) is 0.602. The molecule has 1 aromatic rings. The zero-order valence-corrected chi connectivity index (χ0v) is 10.2. The number of carbonyl (C=O) groups is 1. The van der Waals surface area contributed by atoms with Gasteiger partial charge in [-0.25, -0.2) is 18.4 Å². The summed E-state index contributed by atoms with van der Waals surface area (Å²) in [5.74, 6) is -0.465. The Balaban J connectivity index is 2.89. The highest BCUT2D eigenvalue weighted by atomic mass is 32.2. The van der Waals surface area contributed by atoms with E-state index in [0.29, 0.717) is 0 Å². The van der Waals surface area contributed by atoms with Gasteiger partial charge in [0.25, 0.3) is 0 Å². The first-order valence-electron chi connectivity index (χ1n) is 4.68. The number of nitrogens with two attached hydrogens (primary N) is 1. The molecule has 0 bridgehead atoms. The molecule has 17 heavy (non-hydrogen) atoms. The summed E-state index contributed by atoms with van der Waals surface area (Å²) in [7, 11) is -2.41. The molecule has 0 aromatic carbocycles. The maximum atomic E-state index is 11.8. The van der Waals surface area contributed by atoms with Crippen molar-refractivity contribution in [3.05, 3.63) is 12.4 Å². The van der Waals surface area contributed by atoms with Crippen molar-refractivity contribution in [3.8, 4) is 0 Å². The Hall–Kier alpha value is -1.74. The third-order valence-corrected chi connectivity index (χ3v) is 3.43. The second-order valence-corrected chi connectivity index (χ2v) is 4.95. The molecule has 0 spiro atoms. The van der Waals surface area contributed by atoms with Crippen LogP contribution in [0, 0.1) is 0 Å². The fourth-order valence-electron chi connectivity index (χ4n) is 1.04. The maximum absolute atomic E-state index is 11.8. The van der Waals surface area contributed by atoms with E-state index in [1.54, 1.807) is 0 Å². The minimum absolute atomic E-state index is 0.0247. The number of rotatable bonds is 4. The minimum Gasteiger partial charge on any atom is -0.368 e. The fraction of sp³-hybridized carbons (Fsp3) is 0.375. The fourth-order valence-corrected chi connectivity index (χ4v) is 2.13. The summed E-state index contributed by atoms with van der Waals surface area (Å²) in [6, 6.07) is -0.887. The molecule has 1 rings (SSSR count). The second-order valence-electron chi connectivity index (χ2n) is 3.23. The maximum Gasteiger partial charge on any atom is 0.244 e. The minimum atomic E-state index is -3.82. The Morgan fingerprint density at radius 2 is 1.94 bits per heavy atom. The lowest BCUT2D eigenvalue weighted by Gasteiger charge is -2.12. The van der Waals surface area contributed by atoms with E-state index in [4.69, 9.17) is 5.73 Å². The molecule has 0 radical (unpaired) electrons. The number of likely N-dealkylation sites (N-methyl/N-ethyl adjacent to an activating group) is 1. The summed E-state index contributed by atoms with van der Waals surface area (Å²) in [4.78, 5) is 18.2. The van der Waals surface area contributed by atoms with Gasteiger partial charge in [-0.05, 0) is 6.92 Å². The summed E-state index contributed by atoms with van der Waals surface area (Å²) < 4.78 is 25.7. The Bertz CT molecular complexity index is 498. The van der Waals surface area contributed by atoms with Gasteiger partial charge in [-0.15, -0.1) is 0 Å². The van der Waals surface area contributed by atoms with Crippen molar-refractivity contribution in [1.29, 1.82) is 0 Å². The van der Waals surface area contributed by atoms with E-state index in [0.717, 1.165) is 12.4 Å². The number of anilines is 1. The lowest BCUT2D eigenvalue weighted by molar-refractivity contribution is -0.121. The van der Waals surface area contributed by atoms with Crippen molar-refractivity contribution >= 4 is 21.9 Å². The number of hydrogen-bond donors (Lipinski definition) is 3. The number of nitrogens with one attached hydrogen (secondary N) is 2. The van der Waals surface area contributed by atoms with E-state index in [2.05, 4.69) is 20.0 Å². The normalized spacial score (nSPS) is 13.1. The smallest absolute Gasteiger partial charge is 0.244 e. The first-order chi connectivity index (χ1) is 7.86. The van der Waals surface area contributed by atoms with Crippen molar-refractivity contribution in [1.82, 2.24) is 20.0 Å². The monoisotopic (exact) mass is 259 g/mol. The van der Waals surface area contributed by atoms with Gasteiger partial charge < -0.3 is 11.1 Å². The van der Waals surface area contributed by atoms with Crippen molar-refractivity contribution in [3.63, 3.8) is 0 Å². The number of nitrogens with zero attached hydrogens (tertiary/aromatic N) is 2. The highest BCUT2D eigenvalue weighted by molar-refractivity contribution is 7.89. The van der Waals surface area contributed by atoms with Crippen LogP contribution in [0.5, 0.6) is 0 Å². The van der Waals surface area contributed by atoms with Gasteiger partial charge in [-0.2, -0.15) is 4.72 Å². The summed E-state index contributed by atoms with van der Waals surface area (Å²) >= 11 is 0. The molecule has 1 aromatic heterocycles. The van der Waals surface area contributed by atoms with Gasteiger partial charge >= 0.3 is 0 Å². The van der Waals surface area contributed by atoms with Crippen LogP contribution in [0.4, 0.5) is 5.95 Å². The second kappa shape index (κ2) is 5.06. The highest BCUT2D eigenvalue weighted by Crippen LogP contribution is 2.06. The molecule has 1 amide bonds. The van der Waals surface area contributed by atoms with Crippen LogP contribution in [0.2, 0.25) is 0 Å². The van der Waals surface area contributed by atoms with Gasteiger partial charge in [0, 0.05) is 7.05 Å². The van der Waals surface area contributed by atoms with E-state index in [-0.39, 0.29) is 10.8 Å². The van der Waals surface area contributed by atoms with Gasteiger partial charge in [0.1, 0.15) is 4.90 Å². The molecule has 4 N–H and O–H groups in total. The molecule has 0 fully saturated rings. The van der Waals surface area contributed by atoms with Crippen molar-refractivity contribution in [2.45, 2.75) is 17.9 Å². The largest absolute Gasteiger partial charge is 0.368 e. The summed E-state index contributed by atoms with van der Waals surface area (Å²) in [5.41, 5.74) is 5.24. The lowest BCUT2D eigenvalue weighted by Crippen LogP contribution is -2.43. The molecular formula is C8H13N5O3S. The van der Waals surface area contributed by atoms with E-state index in [9.17, 15) is 13.2 Å². The van der Waals surface area contributed by atoms with Crippen LogP contribution >= 0.6 is 0 Å². The number of hydrogen-bond acceptors (Lipinski definition) is 6. The Labute approximate surface area is 98.7 Å².